The Bertz CT molecular complexity index is 567. The number of hydrogen-bond donors (Lipinski definition) is 1. The van der Waals surface area contributed by atoms with E-state index in [2.05, 4.69) is 36.5 Å². The van der Waals surface area contributed by atoms with Gasteiger partial charge in [-0.1, -0.05) is 67.6 Å². The first-order valence-corrected chi connectivity index (χ1v) is 8.15. The van der Waals surface area contributed by atoms with E-state index in [1.807, 2.05) is 55.1 Å². The summed E-state index contributed by atoms with van der Waals surface area (Å²) in [7, 11) is 0. The summed E-state index contributed by atoms with van der Waals surface area (Å²) in [5.74, 6) is 0. The van der Waals surface area contributed by atoms with Crippen LogP contribution in [0, 0.1) is 0 Å². The largest absolute Gasteiger partial charge is 0.333 e. The third kappa shape index (κ3) is 5.44. The number of carbonyl (C=O) groups is 1. The van der Waals surface area contributed by atoms with Gasteiger partial charge in [-0.3, -0.25) is 0 Å². The van der Waals surface area contributed by atoms with Crippen LogP contribution in [-0.4, -0.2) is 16.5 Å². The maximum Gasteiger partial charge on any atom is 0.318 e. The molecule has 2 rings (SSSR count). The molecule has 0 aliphatic carbocycles. The Labute approximate surface area is 139 Å². The highest BCUT2D eigenvalue weighted by atomic mass is 16.2. The van der Waals surface area contributed by atoms with E-state index in [1.165, 1.54) is 0 Å². The third-order valence-corrected chi connectivity index (χ3v) is 4.05. The summed E-state index contributed by atoms with van der Waals surface area (Å²) in [5.41, 5.74) is 2.06. The molecule has 122 valence electrons. The molecule has 2 aromatic carbocycles. The molecule has 1 N–H and O–H groups in total. The summed E-state index contributed by atoms with van der Waals surface area (Å²) < 4.78 is 0. The number of benzene rings is 2. The Morgan fingerprint density at radius 2 is 1.35 bits per heavy atom. The van der Waals surface area contributed by atoms with E-state index in [0.717, 1.165) is 17.5 Å². The first-order valence-electron chi connectivity index (χ1n) is 8.15. The topological polar surface area (TPSA) is 32.3 Å². The molecule has 0 saturated carbocycles. The molecular formula is C20H26N2O. The number of urea groups is 1. The van der Waals surface area contributed by atoms with Gasteiger partial charge in [-0.05, 0) is 31.4 Å². The fourth-order valence-corrected chi connectivity index (χ4v) is 2.26. The van der Waals surface area contributed by atoms with Crippen LogP contribution in [0.3, 0.4) is 0 Å². The van der Waals surface area contributed by atoms with Crippen molar-refractivity contribution in [2.45, 2.75) is 45.8 Å². The van der Waals surface area contributed by atoms with Gasteiger partial charge in [0.2, 0.25) is 0 Å². The lowest BCUT2D eigenvalue weighted by atomic mass is 10.0. The van der Waals surface area contributed by atoms with Crippen molar-refractivity contribution >= 4 is 6.03 Å². The second-order valence-electron chi connectivity index (χ2n) is 6.49. The first-order chi connectivity index (χ1) is 11.0. The van der Waals surface area contributed by atoms with Gasteiger partial charge in [0, 0.05) is 18.6 Å². The van der Waals surface area contributed by atoms with Crippen molar-refractivity contribution in [3.8, 4) is 0 Å². The molecule has 0 saturated heterocycles. The Balaban J connectivity index is 2.15. The predicted octanol–water partition coefficient (Wildman–Crippen LogP) is 4.59. The Morgan fingerprint density at radius 3 is 1.74 bits per heavy atom. The molecule has 0 fully saturated rings. The van der Waals surface area contributed by atoms with E-state index in [9.17, 15) is 4.79 Å². The van der Waals surface area contributed by atoms with Gasteiger partial charge in [-0.2, -0.15) is 0 Å². The molecule has 2 amide bonds. The molecule has 0 atom stereocenters. The minimum Gasteiger partial charge on any atom is -0.333 e. The third-order valence-electron chi connectivity index (χ3n) is 4.05. The van der Waals surface area contributed by atoms with Crippen molar-refractivity contribution in [3.63, 3.8) is 0 Å². The van der Waals surface area contributed by atoms with Crippen LogP contribution in [0.15, 0.2) is 60.7 Å². The molecule has 0 aliphatic heterocycles. The van der Waals surface area contributed by atoms with E-state index < -0.39 is 0 Å². The van der Waals surface area contributed by atoms with Crippen LogP contribution in [0.4, 0.5) is 4.79 Å². The number of rotatable bonds is 6. The number of carbonyl (C=O) groups excluding carboxylic acids is 1. The molecule has 3 nitrogen and oxygen atoms in total. The molecule has 0 bridgehead atoms. The van der Waals surface area contributed by atoms with Gasteiger partial charge in [-0.25, -0.2) is 4.79 Å². The van der Waals surface area contributed by atoms with E-state index in [0.29, 0.717) is 13.1 Å². The smallest absolute Gasteiger partial charge is 0.318 e. The van der Waals surface area contributed by atoms with Gasteiger partial charge in [-0.15, -0.1) is 0 Å². The highest BCUT2D eigenvalue weighted by Gasteiger charge is 2.22. The number of hydrogen-bond acceptors (Lipinski definition) is 1. The zero-order chi connectivity index (χ0) is 16.7. The average Bonchev–Trinajstić information content (AvgIpc) is 2.56. The number of nitrogens with one attached hydrogen (secondary N) is 1. The van der Waals surface area contributed by atoms with Crippen LogP contribution in [0.1, 0.15) is 38.3 Å². The zero-order valence-electron chi connectivity index (χ0n) is 14.3. The number of amides is 2. The average molecular weight is 310 g/mol. The standard InChI is InChI=1S/C20H26N2O/c1-4-20(2,3)21-19(23)22(15-17-11-7-5-8-12-17)16-18-13-9-6-10-14-18/h5-14H,4,15-16H2,1-3H3,(H,21,23). The molecule has 0 aliphatic rings. The second-order valence-corrected chi connectivity index (χ2v) is 6.49. The van der Waals surface area contributed by atoms with Crippen LogP contribution in [0.5, 0.6) is 0 Å². The molecule has 2 aromatic rings. The van der Waals surface area contributed by atoms with Crippen molar-refractivity contribution in [2.24, 2.45) is 0 Å². The SMILES string of the molecule is CCC(C)(C)NC(=O)N(Cc1ccccc1)Cc1ccccc1. The van der Waals surface area contributed by atoms with E-state index >= 15 is 0 Å². The fourth-order valence-electron chi connectivity index (χ4n) is 2.26. The highest BCUT2D eigenvalue weighted by molar-refractivity contribution is 5.75. The molecule has 0 heterocycles. The summed E-state index contributed by atoms with van der Waals surface area (Å²) >= 11 is 0. The van der Waals surface area contributed by atoms with Crippen LogP contribution in [-0.2, 0) is 13.1 Å². The highest BCUT2D eigenvalue weighted by Crippen LogP contribution is 2.13. The molecule has 0 spiro atoms. The zero-order valence-corrected chi connectivity index (χ0v) is 14.3. The maximum atomic E-state index is 12.7. The Kier molecular flexibility index (Phi) is 5.80. The van der Waals surface area contributed by atoms with Crippen molar-refractivity contribution in [3.05, 3.63) is 71.8 Å². The van der Waals surface area contributed by atoms with Gasteiger partial charge in [0.05, 0.1) is 0 Å². The minimum atomic E-state index is -0.206. The fraction of sp³-hybridized carbons (Fsp3) is 0.350. The van der Waals surface area contributed by atoms with E-state index in [1.54, 1.807) is 0 Å². The Hall–Kier alpha value is -2.29. The quantitative estimate of drug-likeness (QED) is 0.831. The predicted molar refractivity (Wildman–Crippen MR) is 95.0 cm³/mol. The summed E-state index contributed by atoms with van der Waals surface area (Å²) in [5, 5.41) is 3.13. The minimum absolute atomic E-state index is 0.0236. The van der Waals surface area contributed by atoms with E-state index in [-0.39, 0.29) is 11.6 Å². The van der Waals surface area contributed by atoms with Crippen LogP contribution < -0.4 is 5.32 Å². The monoisotopic (exact) mass is 310 g/mol. The van der Waals surface area contributed by atoms with Crippen LogP contribution in [0.25, 0.3) is 0 Å². The normalized spacial score (nSPS) is 11.1. The molecule has 0 unspecified atom stereocenters. The van der Waals surface area contributed by atoms with Crippen molar-refractivity contribution < 1.29 is 4.79 Å². The summed E-state index contributed by atoms with van der Waals surface area (Å²) in [6.07, 6.45) is 0.892. The van der Waals surface area contributed by atoms with Gasteiger partial charge >= 0.3 is 6.03 Å². The lowest BCUT2D eigenvalue weighted by Gasteiger charge is -2.30. The van der Waals surface area contributed by atoms with Crippen molar-refractivity contribution in [2.75, 3.05) is 0 Å². The number of nitrogens with zero attached hydrogens (tertiary/aromatic N) is 1. The molecule has 23 heavy (non-hydrogen) atoms. The first kappa shape index (κ1) is 17.1. The van der Waals surface area contributed by atoms with Crippen LogP contribution in [0.2, 0.25) is 0 Å². The molecule has 3 heteroatoms. The summed E-state index contributed by atoms with van der Waals surface area (Å²) in [6, 6.07) is 20.2. The lowest BCUT2D eigenvalue weighted by Crippen LogP contribution is -2.49. The van der Waals surface area contributed by atoms with Gasteiger partial charge in [0.25, 0.3) is 0 Å². The summed E-state index contributed by atoms with van der Waals surface area (Å²) in [6.45, 7) is 7.38. The molecule has 0 aromatic heterocycles. The van der Waals surface area contributed by atoms with Crippen molar-refractivity contribution in [1.29, 1.82) is 0 Å². The summed E-state index contributed by atoms with van der Waals surface area (Å²) in [4.78, 5) is 14.6. The Morgan fingerprint density at radius 1 is 0.913 bits per heavy atom. The lowest BCUT2D eigenvalue weighted by molar-refractivity contribution is 0.180. The van der Waals surface area contributed by atoms with Crippen LogP contribution >= 0.6 is 0 Å². The van der Waals surface area contributed by atoms with E-state index in [4.69, 9.17) is 0 Å². The van der Waals surface area contributed by atoms with Crippen molar-refractivity contribution in [1.82, 2.24) is 10.2 Å². The van der Waals surface area contributed by atoms with Gasteiger partial charge < -0.3 is 10.2 Å². The maximum absolute atomic E-state index is 12.7. The molecular weight excluding hydrogens is 284 g/mol. The van der Waals surface area contributed by atoms with Gasteiger partial charge in [0.15, 0.2) is 0 Å². The second kappa shape index (κ2) is 7.82. The molecule has 0 radical (unpaired) electrons. The van der Waals surface area contributed by atoms with Gasteiger partial charge in [0.1, 0.15) is 0 Å².